The summed E-state index contributed by atoms with van der Waals surface area (Å²) in [6.07, 6.45) is 6.84. The third-order valence-corrected chi connectivity index (χ3v) is 3.10. The van der Waals surface area contributed by atoms with Gasteiger partial charge in [-0.2, -0.15) is 0 Å². The fraction of sp³-hybridized carbons (Fsp3) is 0.583. The van der Waals surface area contributed by atoms with Crippen LogP contribution in [0.4, 0.5) is 5.82 Å². The van der Waals surface area contributed by atoms with E-state index in [0.717, 1.165) is 25.4 Å². The molecule has 0 amide bonds. The molecule has 0 bridgehead atoms. The first kappa shape index (κ1) is 11.7. The monoisotopic (exact) mass is 240 g/mol. The van der Waals surface area contributed by atoms with Gasteiger partial charge in [-0.1, -0.05) is 11.6 Å². The van der Waals surface area contributed by atoms with Gasteiger partial charge in [-0.05, 0) is 37.8 Å². The summed E-state index contributed by atoms with van der Waals surface area (Å²) in [4.78, 5) is 4.18. The Morgan fingerprint density at radius 2 is 2.44 bits per heavy atom. The Labute approximate surface area is 101 Å². The fourth-order valence-corrected chi connectivity index (χ4v) is 2.09. The highest BCUT2D eigenvalue weighted by molar-refractivity contribution is 6.32. The third-order valence-electron chi connectivity index (χ3n) is 2.79. The van der Waals surface area contributed by atoms with Gasteiger partial charge in [0.2, 0.25) is 0 Å². The van der Waals surface area contributed by atoms with Crippen molar-refractivity contribution >= 4 is 17.4 Å². The smallest absolute Gasteiger partial charge is 0.144 e. The van der Waals surface area contributed by atoms with E-state index in [1.807, 2.05) is 12.1 Å². The van der Waals surface area contributed by atoms with Gasteiger partial charge in [0.15, 0.2) is 0 Å². The molecule has 0 spiro atoms. The number of anilines is 1. The van der Waals surface area contributed by atoms with Crippen LogP contribution in [0, 0.1) is 0 Å². The average molecular weight is 241 g/mol. The Kier molecular flexibility index (Phi) is 4.43. The molecule has 1 N–H and O–H groups in total. The van der Waals surface area contributed by atoms with Crippen molar-refractivity contribution in [1.82, 2.24) is 4.98 Å². The second-order valence-electron chi connectivity index (χ2n) is 4.04. The zero-order chi connectivity index (χ0) is 11.2. The number of nitrogens with one attached hydrogen (secondary N) is 1. The molecular weight excluding hydrogens is 224 g/mol. The zero-order valence-corrected chi connectivity index (χ0v) is 10.0. The Bertz CT molecular complexity index is 327. The number of hydrogen-bond acceptors (Lipinski definition) is 3. The zero-order valence-electron chi connectivity index (χ0n) is 9.29. The third kappa shape index (κ3) is 3.35. The lowest BCUT2D eigenvalue weighted by atomic mass is 10.1. The van der Waals surface area contributed by atoms with E-state index in [1.165, 1.54) is 19.3 Å². The van der Waals surface area contributed by atoms with Crippen molar-refractivity contribution in [1.29, 1.82) is 0 Å². The van der Waals surface area contributed by atoms with Gasteiger partial charge in [0.1, 0.15) is 5.82 Å². The minimum atomic E-state index is 0.406. The van der Waals surface area contributed by atoms with Gasteiger partial charge < -0.3 is 10.1 Å². The number of hydrogen-bond donors (Lipinski definition) is 1. The van der Waals surface area contributed by atoms with E-state index in [4.69, 9.17) is 16.3 Å². The van der Waals surface area contributed by atoms with Gasteiger partial charge >= 0.3 is 0 Å². The number of ether oxygens (including phenoxy) is 1. The van der Waals surface area contributed by atoms with Crippen molar-refractivity contribution in [2.24, 2.45) is 0 Å². The molecule has 4 heteroatoms. The van der Waals surface area contributed by atoms with Crippen LogP contribution >= 0.6 is 11.6 Å². The van der Waals surface area contributed by atoms with Crippen LogP contribution in [0.1, 0.15) is 25.7 Å². The van der Waals surface area contributed by atoms with Crippen LogP contribution < -0.4 is 5.32 Å². The highest BCUT2D eigenvalue weighted by Gasteiger charge is 2.13. The van der Waals surface area contributed by atoms with E-state index >= 15 is 0 Å². The van der Waals surface area contributed by atoms with Crippen LogP contribution in [0.25, 0.3) is 0 Å². The summed E-state index contributed by atoms with van der Waals surface area (Å²) >= 11 is 5.99. The van der Waals surface area contributed by atoms with Crippen molar-refractivity contribution in [2.75, 3.05) is 18.5 Å². The van der Waals surface area contributed by atoms with Gasteiger partial charge in [0.25, 0.3) is 0 Å². The Hall–Kier alpha value is -0.800. The highest BCUT2D eigenvalue weighted by Crippen LogP contribution is 2.19. The maximum absolute atomic E-state index is 5.99. The molecule has 1 fully saturated rings. The predicted octanol–water partition coefficient (Wildman–Crippen LogP) is 3.11. The predicted molar refractivity (Wildman–Crippen MR) is 65.9 cm³/mol. The molecule has 0 radical (unpaired) electrons. The van der Waals surface area contributed by atoms with E-state index < -0.39 is 0 Å². The molecule has 0 saturated carbocycles. The molecule has 1 aliphatic heterocycles. The number of nitrogens with zero attached hydrogens (tertiary/aromatic N) is 1. The van der Waals surface area contributed by atoms with Crippen LogP contribution in [-0.4, -0.2) is 24.2 Å². The summed E-state index contributed by atoms with van der Waals surface area (Å²) in [7, 11) is 0. The summed E-state index contributed by atoms with van der Waals surface area (Å²) < 4.78 is 5.65. The molecule has 1 unspecified atom stereocenters. The second-order valence-corrected chi connectivity index (χ2v) is 4.45. The molecule has 1 aliphatic rings. The number of aromatic nitrogens is 1. The fourth-order valence-electron chi connectivity index (χ4n) is 1.90. The largest absolute Gasteiger partial charge is 0.378 e. The van der Waals surface area contributed by atoms with Crippen LogP contribution in [0.15, 0.2) is 18.3 Å². The quantitative estimate of drug-likeness (QED) is 0.878. The molecule has 1 aromatic heterocycles. The minimum Gasteiger partial charge on any atom is -0.378 e. The lowest BCUT2D eigenvalue weighted by molar-refractivity contribution is 0.0134. The second kappa shape index (κ2) is 6.06. The lowest BCUT2D eigenvalue weighted by Crippen LogP contribution is -2.22. The Balaban J connectivity index is 1.73. The molecule has 16 heavy (non-hydrogen) atoms. The maximum Gasteiger partial charge on any atom is 0.144 e. The molecule has 0 aromatic carbocycles. The first-order valence-corrected chi connectivity index (χ1v) is 6.20. The standard InChI is InChI=1S/C12H17ClN2O/c13-11-5-3-7-14-12(11)15-8-6-10-4-1-2-9-16-10/h3,5,7,10H,1-2,4,6,8-9H2,(H,14,15). The van der Waals surface area contributed by atoms with Crippen LogP contribution in [0.5, 0.6) is 0 Å². The highest BCUT2D eigenvalue weighted by atomic mass is 35.5. The van der Waals surface area contributed by atoms with Gasteiger partial charge in [-0.15, -0.1) is 0 Å². The van der Waals surface area contributed by atoms with E-state index in [-0.39, 0.29) is 0 Å². The molecular formula is C12H17ClN2O. The van der Waals surface area contributed by atoms with Crippen LogP contribution in [0.3, 0.4) is 0 Å². The van der Waals surface area contributed by atoms with Gasteiger partial charge in [0, 0.05) is 19.3 Å². The number of pyridine rings is 1. The van der Waals surface area contributed by atoms with Crippen molar-refractivity contribution in [3.63, 3.8) is 0 Å². The average Bonchev–Trinajstić information content (AvgIpc) is 2.33. The van der Waals surface area contributed by atoms with Crippen molar-refractivity contribution in [3.05, 3.63) is 23.4 Å². The molecule has 2 heterocycles. The number of halogens is 1. The first-order valence-electron chi connectivity index (χ1n) is 5.82. The molecule has 3 nitrogen and oxygen atoms in total. The number of rotatable bonds is 4. The summed E-state index contributed by atoms with van der Waals surface area (Å²) in [5, 5.41) is 3.91. The van der Waals surface area contributed by atoms with E-state index in [0.29, 0.717) is 11.1 Å². The van der Waals surface area contributed by atoms with Crippen molar-refractivity contribution < 1.29 is 4.74 Å². The molecule has 1 atom stereocenters. The van der Waals surface area contributed by atoms with Gasteiger partial charge in [0.05, 0.1) is 11.1 Å². The SMILES string of the molecule is Clc1cccnc1NCCC1CCCCO1. The normalized spacial score (nSPS) is 20.7. The molecule has 88 valence electrons. The van der Waals surface area contributed by atoms with Gasteiger partial charge in [-0.25, -0.2) is 4.98 Å². The van der Waals surface area contributed by atoms with Gasteiger partial charge in [-0.3, -0.25) is 0 Å². The van der Waals surface area contributed by atoms with Crippen LogP contribution in [-0.2, 0) is 4.74 Å². The van der Waals surface area contributed by atoms with Crippen LogP contribution in [0.2, 0.25) is 5.02 Å². The summed E-state index contributed by atoms with van der Waals surface area (Å²) in [5.74, 6) is 0.764. The summed E-state index contributed by atoms with van der Waals surface area (Å²) in [5.41, 5.74) is 0. The first-order chi connectivity index (χ1) is 7.86. The molecule has 1 aromatic rings. The molecule has 1 saturated heterocycles. The van der Waals surface area contributed by atoms with E-state index in [1.54, 1.807) is 6.20 Å². The minimum absolute atomic E-state index is 0.406. The maximum atomic E-state index is 5.99. The topological polar surface area (TPSA) is 34.2 Å². The lowest BCUT2D eigenvalue weighted by Gasteiger charge is -2.22. The Morgan fingerprint density at radius 3 is 3.19 bits per heavy atom. The van der Waals surface area contributed by atoms with Crippen molar-refractivity contribution in [3.8, 4) is 0 Å². The molecule has 0 aliphatic carbocycles. The van der Waals surface area contributed by atoms with E-state index in [9.17, 15) is 0 Å². The molecule has 2 rings (SSSR count). The van der Waals surface area contributed by atoms with E-state index in [2.05, 4.69) is 10.3 Å². The summed E-state index contributed by atoms with van der Waals surface area (Å²) in [6, 6.07) is 3.67. The Morgan fingerprint density at radius 1 is 1.50 bits per heavy atom. The van der Waals surface area contributed by atoms with Crippen molar-refractivity contribution in [2.45, 2.75) is 31.8 Å². The summed E-state index contributed by atoms with van der Waals surface area (Å²) in [6.45, 7) is 1.77.